The van der Waals surface area contributed by atoms with E-state index in [9.17, 15) is 4.79 Å². The maximum absolute atomic E-state index is 11.5. The minimum absolute atomic E-state index is 0.324. The molecule has 2 bridgehead atoms. The lowest BCUT2D eigenvalue weighted by atomic mass is 9.84. The fourth-order valence-corrected chi connectivity index (χ4v) is 4.71. The van der Waals surface area contributed by atoms with E-state index < -0.39 is 0 Å². The van der Waals surface area contributed by atoms with E-state index in [0.717, 1.165) is 13.1 Å². The third-order valence-corrected chi connectivity index (χ3v) is 5.95. The van der Waals surface area contributed by atoms with Crippen LogP contribution in [0, 0.1) is 5.41 Å². The largest absolute Gasteiger partial charge is 0.366 e. The van der Waals surface area contributed by atoms with Gasteiger partial charge in [0.25, 0.3) is 0 Å². The highest BCUT2D eigenvalue weighted by atomic mass is 16.1. The molecule has 3 rings (SSSR count). The monoisotopic (exact) mass is 357 g/mol. The molecule has 2 atom stereocenters. The highest BCUT2D eigenvalue weighted by Crippen LogP contribution is 2.43. The minimum atomic E-state index is -0.324. The number of piperidine rings is 1. The van der Waals surface area contributed by atoms with Crippen LogP contribution in [0.15, 0.2) is 24.3 Å². The summed E-state index contributed by atoms with van der Waals surface area (Å²) in [5.41, 5.74) is 7.75. The Morgan fingerprint density at radius 1 is 1.23 bits per heavy atom. The van der Waals surface area contributed by atoms with Crippen molar-refractivity contribution < 1.29 is 4.79 Å². The molecule has 2 unspecified atom stereocenters. The molecule has 4 heteroatoms. The zero-order valence-electron chi connectivity index (χ0n) is 16.6. The molecule has 0 saturated carbocycles. The van der Waals surface area contributed by atoms with E-state index in [4.69, 9.17) is 5.73 Å². The summed E-state index contributed by atoms with van der Waals surface area (Å²) in [5, 5.41) is 3.60. The molecule has 0 aromatic heterocycles. The van der Waals surface area contributed by atoms with Gasteiger partial charge in [-0.1, -0.05) is 32.9 Å². The summed E-state index contributed by atoms with van der Waals surface area (Å²) < 4.78 is 0. The van der Waals surface area contributed by atoms with E-state index in [2.05, 4.69) is 37.1 Å². The van der Waals surface area contributed by atoms with E-state index in [0.29, 0.717) is 29.0 Å². The van der Waals surface area contributed by atoms with Crippen LogP contribution in [-0.4, -0.2) is 42.5 Å². The predicted molar refractivity (Wildman–Crippen MR) is 107 cm³/mol. The van der Waals surface area contributed by atoms with Crippen molar-refractivity contribution in [2.75, 3.05) is 19.6 Å². The molecular weight excluding hydrogens is 322 g/mol. The Hall–Kier alpha value is -1.39. The number of carbonyl (C=O) groups excluding carboxylic acids is 1. The van der Waals surface area contributed by atoms with Crippen molar-refractivity contribution in [1.29, 1.82) is 0 Å². The number of hydrogen-bond acceptors (Lipinski definition) is 3. The summed E-state index contributed by atoms with van der Waals surface area (Å²) in [6.07, 6.45) is 6.31. The average Bonchev–Trinajstić information content (AvgIpc) is 2.82. The lowest BCUT2D eigenvalue weighted by molar-refractivity contribution is 0.1000. The Labute approximate surface area is 158 Å². The van der Waals surface area contributed by atoms with Crippen LogP contribution in [0.1, 0.15) is 74.7 Å². The Kier molecular flexibility index (Phi) is 6.03. The van der Waals surface area contributed by atoms with Gasteiger partial charge in [0, 0.05) is 17.6 Å². The normalized spacial score (nSPS) is 26.2. The Balaban J connectivity index is 1.51. The van der Waals surface area contributed by atoms with Crippen LogP contribution in [0.4, 0.5) is 0 Å². The average molecular weight is 358 g/mol. The van der Waals surface area contributed by atoms with Gasteiger partial charge in [0.1, 0.15) is 0 Å². The van der Waals surface area contributed by atoms with Crippen LogP contribution in [0.2, 0.25) is 0 Å². The standard InChI is InChI=1S/C22H35N3O/c1-22(2,3)15-24-10-5-11-25-19-8-9-20(25)14-18(13-19)16-6-4-7-17(12-16)21(23)26/h4,6-7,12,18-20,24H,5,8-11,13-15H2,1-3H3,(H2,23,26). The van der Waals surface area contributed by atoms with Crippen LogP contribution in [0.25, 0.3) is 0 Å². The second-order valence-corrected chi connectivity index (χ2v) is 9.37. The molecule has 2 aliphatic rings. The molecule has 3 N–H and O–H groups in total. The first kappa shape index (κ1) is 19.4. The van der Waals surface area contributed by atoms with E-state index in [-0.39, 0.29) is 5.91 Å². The van der Waals surface area contributed by atoms with Gasteiger partial charge in [0.2, 0.25) is 5.91 Å². The van der Waals surface area contributed by atoms with Crippen molar-refractivity contribution in [3.05, 3.63) is 35.4 Å². The number of benzene rings is 1. The van der Waals surface area contributed by atoms with Gasteiger partial charge in [0.05, 0.1) is 0 Å². The summed E-state index contributed by atoms with van der Waals surface area (Å²) >= 11 is 0. The number of nitrogens with two attached hydrogens (primary N) is 1. The number of fused-ring (bicyclic) bond motifs is 2. The molecular formula is C22H35N3O. The maximum atomic E-state index is 11.5. The first-order chi connectivity index (χ1) is 12.3. The van der Waals surface area contributed by atoms with Gasteiger partial charge in [-0.2, -0.15) is 0 Å². The van der Waals surface area contributed by atoms with Gasteiger partial charge in [-0.25, -0.2) is 0 Å². The van der Waals surface area contributed by atoms with Crippen molar-refractivity contribution in [2.45, 2.75) is 70.9 Å². The molecule has 2 fully saturated rings. The van der Waals surface area contributed by atoms with Crippen molar-refractivity contribution >= 4 is 5.91 Å². The maximum Gasteiger partial charge on any atom is 0.248 e. The number of nitrogens with one attached hydrogen (secondary N) is 1. The molecule has 1 amide bonds. The number of hydrogen-bond donors (Lipinski definition) is 2. The molecule has 0 spiro atoms. The van der Waals surface area contributed by atoms with Gasteiger partial charge in [-0.05, 0) is 80.8 Å². The minimum Gasteiger partial charge on any atom is -0.366 e. The van der Waals surface area contributed by atoms with Gasteiger partial charge in [0.15, 0.2) is 0 Å². The molecule has 0 aliphatic carbocycles. The summed E-state index contributed by atoms with van der Waals surface area (Å²) in [6, 6.07) is 9.39. The molecule has 2 saturated heterocycles. The quantitative estimate of drug-likeness (QED) is 0.734. The third kappa shape index (κ3) is 4.86. The molecule has 1 aromatic carbocycles. The van der Waals surface area contributed by atoms with Crippen molar-refractivity contribution in [1.82, 2.24) is 10.2 Å². The molecule has 144 valence electrons. The molecule has 26 heavy (non-hydrogen) atoms. The second kappa shape index (κ2) is 8.10. The van der Waals surface area contributed by atoms with Gasteiger partial charge < -0.3 is 11.1 Å². The lowest BCUT2D eigenvalue weighted by Gasteiger charge is -2.39. The van der Waals surface area contributed by atoms with E-state index in [1.807, 2.05) is 18.2 Å². The number of carbonyl (C=O) groups is 1. The SMILES string of the molecule is CC(C)(C)CNCCCN1C2CCC1CC(c1cccc(C(N)=O)c1)C2. The summed E-state index contributed by atoms with van der Waals surface area (Å²) in [6.45, 7) is 10.2. The van der Waals surface area contributed by atoms with Crippen LogP contribution in [-0.2, 0) is 0 Å². The van der Waals surface area contributed by atoms with Gasteiger partial charge in [-0.15, -0.1) is 0 Å². The number of primary amides is 1. The first-order valence-corrected chi connectivity index (χ1v) is 10.2. The zero-order valence-corrected chi connectivity index (χ0v) is 16.6. The van der Waals surface area contributed by atoms with Crippen LogP contribution in [0.3, 0.4) is 0 Å². The number of nitrogens with zero attached hydrogens (tertiary/aromatic N) is 1. The Bertz CT molecular complexity index is 608. The van der Waals surface area contributed by atoms with Gasteiger partial charge >= 0.3 is 0 Å². The lowest BCUT2D eigenvalue weighted by Crippen LogP contribution is -2.43. The predicted octanol–water partition coefficient (Wildman–Crippen LogP) is 3.52. The van der Waals surface area contributed by atoms with Gasteiger partial charge in [-0.3, -0.25) is 9.69 Å². The number of rotatable bonds is 7. The summed E-state index contributed by atoms with van der Waals surface area (Å²) in [7, 11) is 0. The molecule has 4 nitrogen and oxygen atoms in total. The fourth-order valence-electron chi connectivity index (χ4n) is 4.71. The van der Waals surface area contributed by atoms with Crippen LogP contribution >= 0.6 is 0 Å². The summed E-state index contributed by atoms with van der Waals surface area (Å²) in [4.78, 5) is 14.2. The fraction of sp³-hybridized carbons (Fsp3) is 0.682. The highest BCUT2D eigenvalue weighted by Gasteiger charge is 2.40. The third-order valence-electron chi connectivity index (χ3n) is 5.95. The molecule has 0 radical (unpaired) electrons. The summed E-state index contributed by atoms with van der Waals surface area (Å²) in [5.74, 6) is 0.247. The van der Waals surface area contributed by atoms with E-state index >= 15 is 0 Å². The Morgan fingerprint density at radius 2 is 1.92 bits per heavy atom. The van der Waals surface area contributed by atoms with Crippen molar-refractivity contribution in [2.24, 2.45) is 11.1 Å². The second-order valence-electron chi connectivity index (χ2n) is 9.37. The van der Waals surface area contributed by atoms with E-state index in [1.165, 1.54) is 44.2 Å². The number of amides is 1. The van der Waals surface area contributed by atoms with E-state index in [1.54, 1.807) is 0 Å². The Morgan fingerprint density at radius 3 is 2.54 bits per heavy atom. The smallest absolute Gasteiger partial charge is 0.248 e. The zero-order chi connectivity index (χ0) is 18.7. The van der Waals surface area contributed by atoms with Crippen LogP contribution < -0.4 is 11.1 Å². The topological polar surface area (TPSA) is 58.4 Å². The van der Waals surface area contributed by atoms with Crippen molar-refractivity contribution in [3.63, 3.8) is 0 Å². The van der Waals surface area contributed by atoms with Crippen LogP contribution in [0.5, 0.6) is 0 Å². The molecule has 2 heterocycles. The molecule has 2 aliphatic heterocycles. The highest BCUT2D eigenvalue weighted by molar-refractivity contribution is 5.92. The molecule has 1 aromatic rings. The first-order valence-electron chi connectivity index (χ1n) is 10.2. The van der Waals surface area contributed by atoms with Crippen molar-refractivity contribution in [3.8, 4) is 0 Å².